The zero-order valence-corrected chi connectivity index (χ0v) is 6.66. The van der Waals surface area contributed by atoms with Crippen LogP contribution in [0.15, 0.2) is 10.7 Å². The van der Waals surface area contributed by atoms with Gasteiger partial charge < -0.3 is 44.8 Å². The Morgan fingerprint density at radius 1 is 0.727 bits per heavy atom. The molecule has 10 nitrogen and oxygen atoms in total. The van der Waals surface area contributed by atoms with Crippen molar-refractivity contribution in [2.75, 3.05) is 0 Å². The van der Waals surface area contributed by atoms with Crippen molar-refractivity contribution in [1.29, 1.82) is 0 Å². The van der Waals surface area contributed by atoms with Gasteiger partial charge in [-0.25, -0.2) is 0 Å². The van der Waals surface area contributed by atoms with Gasteiger partial charge in [0.15, 0.2) is 0 Å². The molecule has 12 N–H and O–H groups in total. The summed E-state index contributed by atoms with van der Waals surface area (Å²) in [7, 11) is 0. The predicted molar refractivity (Wildman–Crippen MR) is 38.4 cm³/mol. The van der Waals surface area contributed by atoms with E-state index in [-0.39, 0.29) is 41.1 Å². The van der Waals surface area contributed by atoms with Gasteiger partial charge in [0.05, 0.1) is 0 Å². The Morgan fingerprint density at radius 2 is 0.727 bits per heavy atom. The predicted octanol–water partition coefficient (Wildman–Crippen LogP) is 1.15. The molecule has 0 aromatic heterocycles. The third kappa shape index (κ3) is 619. The molecule has 0 unspecified atom stereocenters. The van der Waals surface area contributed by atoms with Crippen molar-refractivity contribution in [2.45, 2.75) is 0 Å². The molecule has 78 valence electrons. The summed E-state index contributed by atoms with van der Waals surface area (Å²) < 4.78 is 0. The van der Waals surface area contributed by atoms with Crippen LogP contribution in [0, 0.1) is 20.2 Å². The summed E-state index contributed by atoms with van der Waals surface area (Å²) in [6.45, 7) is 0. The largest absolute Gasteiger partial charge is 0.444 e. The first-order valence-corrected chi connectivity index (χ1v) is 0.730. The molecular formula is H12N6NiO4-2. The first-order chi connectivity index (χ1) is 2.83. The van der Waals surface area contributed by atoms with E-state index in [9.17, 15) is 0 Å². The van der Waals surface area contributed by atoms with Crippen molar-refractivity contribution in [1.82, 2.24) is 24.6 Å². The Bertz CT molecular complexity index is 35.6. The van der Waals surface area contributed by atoms with Crippen molar-refractivity contribution in [3.05, 3.63) is 20.2 Å². The fourth-order valence-corrected chi connectivity index (χ4v) is 0. The Morgan fingerprint density at radius 3 is 0.727 bits per heavy atom. The van der Waals surface area contributed by atoms with Crippen LogP contribution >= 0.6 is 0 Å². The SMILES string of the molecule is N.N.N.N.O=N[O-].O=N[O-].[Ni]. The smallest absolute Gasteiger partial charge is 0 e. The molecule has 0 aliphatic heterocycles. The first-order valence-electron chi connectivity index (χ1n) is 0.730. The average molecular weight is 219 g/mol. The summed E-state index contributed by atoms with van der Waals surface area (Å²) in [6.07, 6.45) is 0. The second-order valence-electron chi connectivity index (χ2n) is 0.149. The molecule has 0 radical (unpaired) electrons. The standard InChI is InChI=1S/2HNO2.4H3N.Ni/c2*2-1-3;;;;;/h2*(H,2,3);4*1H3;/p-2. The van der Waals surface area contributed by atoms with Gasteiger partial charge in [-0.3, -0.25) is 0 Å². The third-order valence-corrected chi connectivity index (χ3v) is 0. The second kappa shape index (κ2) is 470. The molecule has 0 heterocycles. The van der Waals surface area contributed by atoms with Crippen LogP contribution in [0.4, 0.5) is 0 Å². The summed E-state index contributed by atoms with van der Waals surface area (Å²) in [4.78, 5) is 16.0. The van der Waals surface area contributed by atoms with Crippen molar-refractivity contribution in [2.24, 2.45) is 10.7 Å². The first kappa shape index (κ1) is 86.1. The molecule has 0 aliphatic rings. The van der Waals surface area contributed by atoms with Crippen LogP contribution in [-0.2, 0) is 16.5 Å². The summed E-state index contributed by atoms with van der Waals surface area (Å²) >= 11 is 0. The number of hydrogen-bond donors (Lipinski definition) is 4. The van der Waals surface area contributed by atoms with Gasteiger partial charge in [0, 0.05) is 16.5 Å². The topological polar surface area (TPSA) is 245 Å². The van der Waals surface area contributed by atoms with E-state index in [4.69, 9.17) is 20.2 Å². The van der Waals surface area contributed by atoms with Crippen LogP contribution < -0.4 is 24.6 Å². The van der Waals surface area contributed by atoms with Crippen LogP contribution in [0.3, 0.4) is 0 Å². The van der Waals surface area contributed by atoms with Gasteiger partial charge in [-0.05, 0) is 0 Å². The minimum atomic E-state index is 0. The Kier molecular flexibility index (Phi) is 3680. The second-order valence-corrected chi connectivity index (χ2v) is 0.149. The van der Waals surface area contributed by atoms with Crippen molar-refractivity contribution >= 4 is 0 Å². The fraction of sp³-hybridized carbons (Fsp3) is 0. The maximum Gasteiger partial charge on any atom is 0 e. The van der Waals surface area contributed by atoms with Gasteiger partial charge in [0.25, 0.3) is 0 Å². The quantitative estimate of drug-likeness (QED) is 0.260. The molecule has 11 heteroatoms. The molecule has 0 saturated heterocycles. The Labute approximate surface area is 72.9 Å². The zero-order chi connectivity index (χ0) is 5.41. The van der Waals surface area contributed by atoms with Gasteiger partial charge in [0.1, 0.15) is 0 Å². The number of rotatable bonds is 0. The number of nitrogens with zero attached hydrogens (tertiary/aromatic N) is 2. The molecule has 0 spiro atoms. The number of hydrogen-bond acceptors (Lipinski definition) is 10. The van der Waals surface area contributed by atoms with E-state index in [1.165, 1.54) is 0 Å². The average Bonchev–Trinajstić information content (AvgIpc) is 1.39. The molecule has 0 atom stereocenters. The van der Waals surface area contributed by atoms with Crippen LogP contribution in [-0.4, -0.2) is 0 Å². The molecular weight excluding hydrogens is 207 g/mol. The molecule has 0 saturated carbocycles. The van der Waals surface area contributed by atoms with E-state index in [1.807, 2.05) is 0 Å². The Balaban J connectivity index is -0.00000000400. The molecule has 11 heavy (non-hydrogen) atoms. The van der Waals surface area contributed by atoms with Crippen molar-refractivity contribution in [3.63, 3.8) is 0 Å². The van der Waals surface area contributed by atoms with E-state index < -0.39 is 0 Å². The van der Waals surface area contributed by atoms with Crippen molar-refractivity contribution < 1.29 is 16.5 Å². The minimum Gasteiger partial charge on any atom is -0.444 e. The van der Waals surface area contributed by atoms with Gasteiger partial charge in [-0.15, -0.1) is 10.7 Å². The zero-order valence-electron chi connectivity index (χ0n) is 5.67. The monoisotopic (exact) mass is 218 g/mol. The summed E-state index contributed by atoms with van der Waals surface area (Å²) in [5.74, 6) is 0. The minimum absolute atomic E-state index is 0. The molecule has 0 fully saturated rings. The van der Waals surface area contributed by atoms with Crippen LogP contribution in [0.2, 0.25) is 0 Å². The van der Waals surface area contributed by atoms with Crippen LogP contribution in [0.25, 0.3) is 0 Å². The van der Waals surface area contributed by atoms with Gasteiger partial charge >= 0.3 is 0 Å². The van der Waals surface area contributed by atoms with Gasteiger partial charge in [-0.2, -0.15) is 0 Å². The maximum atomic E-state index is 8.00. The van der Waals surface area contributed by atoms with E-state index >= 15 is 0 Å². The molecule has 0 aliphatic carbocycles. The van der Waals surface area contributed by atoms with E-state index in [1.54, 1.807) is 0 Å². The van der Waals surface area contributed by atoms with Crippen molar-refractivity contribution in [3.8, 4) is 0 Å². The third-order valence-electron chi connectivity index (χ3n) is 0. The summed E-state index contributed by atoms with van der Waals surface area (Å²) in [5.41, 5.74) is 0. The molecule has 0 rings (SSSR count). The summed E-state index contributed by atoms with van der Waals surface area (Å²) in [5, 5.41) is 18.0. The molecule has 0 bridgehead atoms. The van der Waals surface area contributed by atoms with E-state index in [0.29, 0.717) is 0 Å². The molecule has 0 amide bonds. The van der Waals surface area contributed by atoms with Gasteiger partial charge in [-0.1, -0.05) is 0 Å². The fourth-order valence-electron chi connectivity index (χ4n) is 0. The van der Waals surface area contributed by atoms with E-state index in [0.717, 1.165) is 10.7 Å². The molecule has 0 aromatic rings. The molecule has 0 aromatic carbocycles. The van der Waals surface area contributed by atoms with Crippen LogP contribution in [0.5, 0.6) is 0 Å². The normalized spacial score (nSPS) is 2.18. The summed E-state index contributed by atoms with van der Waals surface area (Å²) in [6, 6.07) is 0. The van der Waals surface area contributed by atoms with E-state index in [2.05, 4.69) is 0 Å². The van der Waals surface area contributed by atoms with Gasteiger partial charge in [0.2, 0.25) is 0 Å². The van der Waals surface area contributed by atoms with Crippen LogP contribution in [0.1, 0.15) is 0 Å². The maximum absolute atomic E-state index is 8.00. The Hall–Kier alpha value is -0.866.